The van der Waals surface area contributed by atoms with Crippen LogP contribution < -0.4 is 5.32 Å². The van der Waals surface area contributed by atoms with Crippen LogP contribution in [-0.2, 0) is 4.79 Å². The SMILES string of the molecule is C[C@H]1[C@@H]2[C@@H](O)[C@@H]([C@H](C)C(=O)N3CCCCC3)CC[C@@]2(C)CC[C@@H]1NC(=O)c1cnccn1. The van der Waals surface area contributed by atoms with Gasteiger partial charge in [-0.3, -0.25) is 14.6 Å². The lowest BCUT2D eigenvalue weighted by Crippen LogP contribution is -2.58. The first-order valence-corrected chi connectivity index (χ1v) is 12.4. The van der Waals surface area contributed by atoms with Crippen molar-refractivity contribution in [3.63, 3.8) is 0 Å². The van der Waals surface area contributed by atoms with Crippen LogP contribution in [0.1, 0.15) is 76.2 Å². The fourth-order valence-electron chi connectivity index (χ4n) is 6.74. The second-order valence-electron chi connectivity index (χ2n) is 10.6. The van der Waals surface area contributed by atoms with Crippen LogP contribution >= 0.6 is 0 Å². The highest BCUT2D eigenvalue weighted by atomic mass is 16.3. The number of nitrogens with zero attached hydrogens (tertiary/aromatic N) is 3. The van der Waals surface area contributed by atoms with Crippen molar-refractivity contribution in [1.82, 2.24) is 20.2 Å². The van der Waals surface area contributed by atoms with Crippen LogP contribution in [-0.4, -0.2) is 57.0 Å². The van der Waals surface area contributed by atoms with Crippen molar-refractivity contribution in [1.29, 1.82) is 0 Å². The van der Waals surface area contributed by atoms with Crippen LogP contribution in [0.3, 0.4) is 0 Å². The number of aliphatic hydroxyl groups is 1. The van der Waals surface area contributed by atoms with E-state index in [2.05, 4.69) is 29.1 Å². The van der Waals surface area contributed by atoms with Crippen molar-refractivity contribution in [3.05, 3.63) is 24.3 Å². The number of piperidine rings is 1. The second-order valence-corrected chi connectivity index (χ2v) is 10.6. The molecule has 3 aliphatic rings. The van der Waals surface area contributed by atoms with Crippen LogP contribution in [0.15, 0.2) is 18.6 Å². The molecule has 0 bridgehead atoms. The van der Waals surface area contributed by atoms with Crippen LogP contribution in [0, 0.1) is 29.1 Å². The zero-order valence-corrected chi connectivity index (χ0v) is 19.7. The number of aliphatic hydroxyl groups excluding tert-OH is 1. The van der Waals surface area contributed by atoms with Crippen LogP contribution in [0.4, 0.5) is 0 Å². The molecule has 32 heavy (non-hydrogen) atoms. The molecule has 4 rings (SSSR count). The molecule has 1 aliphatic heterocycles. The molecule has 0 unspecified atom stereocenters. The summed E-state index contributed by atoms with van der Waals surface area (Å²) < 4.78 is 0. The highest BCUT2D eigenvalue weighted by molar-refractivity contribution is 5.92. The number of carbonyl (C=O) groups excluding carboxylic acids is 2. The van der Waals surface area contributed by atoms with Gasteiger partial charge in [0.1, 0.15) is 5.69 Å². The van der Waals surface area contributed by atoms with E-state index < -0.39 is 6.10 Å². The second kappa shape index (κ2) is 9.46. The number of likely N-dealkylation sites (tertiary alicyclic amines) is 1. The van der Waals surface area contributed by atoms with Gasteiger partial charge in [0.15, 0.2) is 0 Å². The Morgan fingerprint density at radius 1 is 1.19 bits per heavy atom. The van der Waals surface area contributed by atoms with Gasteiger partial charge in [0.05, 0.1) is 12.3 Å². The number of nitrogens with one attached hydrogen (secondary N) is 1. The smallest absolute Gasteiger partial charge is 0.271 e. The standard InChI is InChI=1S/C25H38N4O3/c1-16(24(32)29-13-5-4-6-14-29)18-7-9-25(3)10-8-19(17(2)21(25)22(18)30)28-23(31)20-15-26-11-12-27-20/h11-12,15-19,21-22,30H,4-10,13-14H2,1-3H3,(H,28,31)/t16-,17+,18+,19-,21+,22-,25-/m0/s1. The molecule has 2 heterocycles. The highest BCUT2D eigenvalue weighted by Gasteiger charge is 2.54. The number of aromatic nitrogens is 2. The summed E-state index contributed by atoms with van der Waals surface area (Å²) in [6.45, 7) is 8.13. The van der Waals surface area contributed by atoms with Gasteiger partial charge >= 0.3 is 0 Å². The number of hydrogen-bond donors (Lipinski definition) is 2. The molecule has 0 aromatic carbocycles. The van der Waals surface area contributed by atoms with Crippen molar-refractivity contribution in [2.24, 2.45) is 29.1 Å². The van der Waals surface area contributed by atoms with Gasteiger partial charge < -0.3 is 15.3 Å². The minimum atomic E-state index is -0.538. The molecule has 176 valence electrons. The molecular formula is C25H38N4O3. The van der Waals surface area contributed by atoms with Gasteiger partial charge in [-0.15, -0.1) is 0 Å². The zero-order chi connectivity index (χ0) is 22.9. The quantitative estimate of drug-likeness (QED) is 0.747. The van der Waals surface area contributed by atoms with Crippen LogP contribution in [0.2, 0.25) is 0 Å². The average Bonchev–Trinajstić information content (AvgIpc) is 2.81. The Morgan fingerprint density at radius 3 is 2.59 bits per heavy atom. The van der Waals surface area contributed by atoms with E-state index in [0.29, 0.717) is 5.69 Å². The summed E-state index contributed by atoms with van der Waals surface area (Å²) in [6, 6.07) is -0.0240. The molecule has 1 aromatic heterocycles. The van der Waals surface area contributed by atoms with Crippen LogP contribution in [0.25, 0.3) is 0 Å². The van der Waals surface area contributed by atoms with Gasteiger partial charge in [0, 0.05) is 37.4 Å². The monoisotopic (exact) mass is 442 g/mol. The minimum absolute atomic E-state index is 0.0240. The summed E-state index contributed by atoms with van der Waals surface area (Å²) in [4.78, 5) is 36.0. The van der Waals surface area contributed by atoms with E-state index >= 15 is 0 Å². The van der Waals surface area contributed by atoms with Crippen molar-refractivity contribution < 1.29 is 14.7 Å². The number of fused-ring (bicyclic) bond motifs is 1. The molecule has 2 N–H and O–H groups in total. The maximum Gasteiger partial charge on any atom is 0.271 e. The molecular weight excluding hydrogens is 404 g/mol. The summed E-state index contributed by atoms with van der Waals surface area (Å²) in [5.74, 6) is -0.0422. The molecule has 1 saturated heterocycles. The fraction of sp³-hybridized carbons (Fsp3) is 0.760. The molecule has 7 heteroatoms. The van der Waals surface area contributed by atoms with Gasteiger partial charge in [-0.25, -0.2) is 4.98 Å². The molecule has 1 aromatic rings. The lowest BCUT2D eigenvalue weighted by Gasteiger charge is -2.56. The Kier molecular flexibility index (Phi) is 6.84. The Labute approximate surface area is 191 Å². The van der Waals surface area contributed by atoms with Crippen molar-refractivity contribution in [3.8, 4) is 0 Å². The molecule has 2 amide bonds. The van der Waals surface area contributed by atoms with Gasteiger partial charge in [0.25, 0.3) is 5.91 Å². The maximum absolute atomic E-state index is 13.2. The molecule has 2 saturated carbocycles. The Bertz CT molecular complexity index is 813. The van der Waals surface area contributed by atoms with Gasteiger partial charge in [-0.05, 0) is 68.1 Å². The largest absolute Gasteiger partial charge is 0.392 e. The Hall–Kier alpha value is -2.02. The number of hydrogen-bond acceptors (Lipinski definition) is 5. The number of rotatable bonds is 4. The zero-order valence-electron chi connectivity index (χ0n) is 19.7. The van der Waals surface area contributed by atoms with E-state index in [1.165, 1.54) is 18.8 Å². The van der Waals surface area contributed by atoms with E-state index in [4.69, 9.17) is 0 Å². The number of carbonyl (C=O) groups is 2. The average molecular weight is 443 g/mol. The van der Waals surface area contributed by atoms with E-state index in [1.54, 1.807) is 6.20 Å². The summed E-state index contributed by atoms with van der Waals surface area (Å²) in [6.07, 6.45) is 11.1. The summed E-state index contributed by atoms with van der Waals surface area (Å²) in [5.41, 5.74) is 0.354. The minimum Gasteiger partial charge on any atom is -0.392 e. The first kappa shape index (κ1) is 23.1. The predicted molar refractivity (Wildman–Crippen MR) is 122 cm³/mol. The van der Waals surface area contributed by atoms with Crippen molar-refractivity contribution in [2.75, 3.05) is 13.1 Å². The predicted octanol–water partition coefficient (Wildman–Crippen LogP) is 3.05. The van der Waals surface area contributed by atoms with E-state index in [9.17, 15) is 14.7 Å². The fourth-order valence-corrected chi connectivity index (χ4v) is 6.74. The van der Waals surface area contributed by atoms with Crippen LogP contribution in [0.5, 0.6) is 0 Å². The van der Waals surface area contributed by atoms with Gasteiger partial charge in [0.2, 0.25) is 5.91 Å². The van der Waals surface area contributed by atoms with Crippen molar-refractivity contribution >= 4 is 11.8 Å². The molecule has 7 nitrogen and oxygen atoms in total. The summed E-state index contributed by atoms with van der Waals surface area (Å²) in [7, 11) is 0. The number of amides is 2. The Morgan fingerprint density at radius 2 is 1.91 bits per heavy atom. The molecule has 2 aliphatic carbocycles. The van der Waals surface area contributed by atoms with E-state index in [-0.39, 0.29) is 46.9 Å². The Balaban J connectivity index is 1.47. The third-order valence-corrected chi connectivity index (χ3v) is 8.70. The molecule has 3 fully saturated rings. The first-order chi connectivity index (χ1) is 15.3. The van der Waals surface area contributed by atoms with Crippen molar-refractivity contribution in [2.45, 2.75) is 77.9 Å². The topological polar surface area (TPSA) is 95.4 Å². The highest BCUT2D eigenvalue weighted by Crippen LogP contribution is 2.55. The van der Waals surface area contributed by atoms with E-state index in [1.807, 2.05) is 11.8 Å². The lowest BCUT2D eigenvalue weighted by molar-refractivity contribution is -0.150. The molecule has 0 spiro atoms. The summed E-state index contributed by atoms with van der Waals surface area (Å²) in [5, 5.41) is 14.7. The van der Waals surface area contributed by atoms with Gasteiger partial charge in [-0.2, -0.15) is 0 Å². The molecule has 7 atom stereocenters. The third-order valence-electron chi connectivity index (χ3n) is 8.70. The first-order valence-electron chi connectivity index (χ1n) is 12.4. The lowest BCUT2D eigenvalue weighted by atomic mass is 9.51. The normalized spacial score (nSPS) is 36.1. The summed E-state index contributed by atoms with van der Waals surface area (Å²) >= 11 is 0. The molecule has 0 radical (unpaired) electrons. The van der Waals surface area contributed by atoms with E-state index in [0.717, 1.165) is 51.6 Å². The third kappa shape index (κ3) is 4.41. The van der Waals surface area contributed by atoms with Gasteiger partial charge in [-0.1, -0.05) is 20.8 Å². The maximum atomic E-state index is 13.2.